The summed E-state index contributed by atoms with van der Waals surface area (Å²) in [6.45, 7) is 5.62. The molecule has 0 bridgehead atoms. The number of anilines is 1. The van der Waals surface area contributed by atoms with E-state index in [2.05, 4.69) is 5.32 Å². The Bertz CT molecular complexity index is 687. The Balaban J connectivity index is 2.60. The number of carbonyl (C=O) groups excluding carboxylic acids is 2. The molecule has 0 aliphatic carbocycles. The van der Waals surface area contributed by atoms with E-state index in [1.54, 1.807) is 20.8 Å². The molecule has 0 heterocycles. The van der Waals surface area contributed by atoms with E-state index in [0.29, 0.717) is 12.3 Å². The number of thioether (sulfide) groups is 1. The number of nitrogens with one attached hydrogen (secondary N) is 1. The molecule has 9 heteroatoms. The number of carbonyl (C=O) groups is 2. The first-order chi connectivity index (χ1) is 11.7. The molecule has 0 saturated heterocycles. The highest BCUT2D eigenvalue weighted by molar-refractivity contribution is 8.00. The molecule has 1 aromatic carbocycles. The number of benzene rings is 1. The van der Waals surface area contributed by atoms with Crippen LogP contribution in [0.3, 0.4) is 0 Å². The van der Waals surface area contributed by atoms with Crippen LogP contribution >= 0.6 is 11.8 Å². The Morgan fingerprint density at radius 3 is 2.32 bits per heavy atom. The summed E-state index contributed by atoms with van der Waals surface area (Å²) in [5.74, 6) is -0.414. The summed E-state index contributed by atoms with van der Waals surface area (Å²) in [6.07, 6.45) is 0. The molecule has 1 N–H and O–H groups in total. The summed E-state index contributed by atoms with van der Waals surface area (Å²) < 4.78 is 30.8. The molecule has 1 aromatic rings. The molecule has 1 amide bonds. The normalized spacial score (nSPS) is 11.6. The van der Waals surface area contributed by atoms with Crippen molar-refractivity contribution in [2.75, 3.05) is 30.5 Å². The third kappa shape index (κ3) is 6.68. The summed E-state index contributed by atoms with van der Waals surface area (Å²) in [6, 6.07) is 5.83. The third-order valence-corrected chi connectivity index (χ3v) is 6.25. The van der Waals surface area contributed by atoms with Gasteiger partial charge in [-0.15, -0.1) is 11.8 Å². The van der Waals surface area contributed by atoms with Gasteiger partial charge in [0.15, 0.2) is 0 Å². The second-order valence-electron chi connectivity index (χ2n) is 5.49. The second-order valence-corrected chi connectivity index (χ2v) is 8.47. The molecule has 1 rings (SSSR count). The Morgan fingerprint density at radius 2 is 1.80 bits per heavy atom. The van der Waals surface area contributed by atoms with Crippen molar-refractivity contribution in [3.8, 4) is 0 Å². The van der Waals surface area contributed by atoms with Crippen LogP contribution in [0.5, 0.6) is 0 Å². The topological polar surface area (TPSA) is 92.8 Å². The lowest BCUT2D eigenvalue weighted by Crippen LogP contribution is -2.33. The molecule has 7 nitrogen and oxygen atoms in total. The highest BCUT2D eigenvalue weighted by Gasteiger charge is 2.22. The summed E-state index contributed by atoms with van der Waals surface area (Å²) in [4.78, 5) is 23.2. The van der Waals surface area contributed by atoms with Crippen LogP contribution in [-0.4, -0.2) is 55.8 Å². The van der Waals surface area contributed by atoms with E-state index in [4.69, 9.17) is 4.74 Å². The molecule has 0 atom stereocenters. The number of rotatable bonds is 9. The summed E-state index contributed by atoms with van der Waals surface area (Å²) >= 11 is 1.15. The first-order valence-electron chi connectivity index (χ1n) is 7.79. The summed E-state index contributed by atoms with van der Waals surface area (Å²) in [5, 5.41) is 2.66. The van der Waals surface area contributed by atoms with E-state index >= 15 is 0 Å². The molecule has 0 radical (unpaired) electrons. The number of amides is 1. The Labute approximate surface area is 153 Å². The maximum absolute atomic E-state index is 12.4. The minimum atomic E-state index is -3.55. The van der Waals surface area contributed by atoms with Gasteiger partial charge in [-0.2, -0.15) is 4.31 Å². The van der Waals surface area contributed by atoms with Gasteiger partial charge in [-0.1, -0.05) is 0 Å². The fraction of sp³-hybridized carbons (Fsp3) is 0.500. The number of nitrogens with zero attached hydrogens (tertiary/aromatic N) is 1. The lowest BCUT2D eigenvalue weighted by atomic mass is 10.3. The zero-order valence-corrected chi connectivity index (χ0v) is 16.4. The van der Waals surface area contributed by atoms with Crippen molar-refractivity contribution in [3.63, 3.8) is 0 Å². The van der Waals surface area contributed by atoms with Crippen molar-refractivity contribution in [3.05, 3.63) is 24.3 Å². The smallest absolute Gasteiger partial charge is 0.315 e. The number of esters is 1. The Kier molecular flexibility index (Phi) is 8.40. The SMILES string of the molecule is CCOC(=O)CSCC(=O)Nc1ccc(S(=O)(=O)N(C)C(C)C)cc1. The average molecular weight is 389 g/mol. The van der Waals surface area contributed by atoms with Crippen LogP contribution in [-0.2, 0) is 24.3 Å². The van der Waals surface area contributed by atoms with Crippen LogP contribution in [0.1, 0.15) is 20.8 Å². The number of ether oxygens (including phenoxy) is 1. The summed E-state index contributed by atoms with van der Waals surface area (Å²) in [5.41, 5.74) is 0.493. The average Bonchev–Trinajstić information content (AvgIpc) is 2.54. The standard InChI is InChI=1S/C16H24N2O5S2/c1-5-23-16(20)11-24-10-15(19)17-13-6-8-14(9-7-13)25(21,22)18(4)12(2)3/h6-9,12H,5,10-11H2,1-4H3,(H,17,19). The molecule has 0 spiro atoms. The first kappa shape index (κ1) is 21.5. The largest absolute Gasteiger partial charge is 0.465 e. The van der Waals surface area contributed by atoms with Gasteiger partial charge in [0.25, 0.3) is 0 Å². The maximum Gasteiger partial charge on any atom is 0.315 e. The monoisotopic (exact) mass is 388 g/mol. The molecule has 0 aliphatic rings. The molecule has 0 aliphatic heterocycles. The highest BCUT2D eigenvalue weighted by atomic mass is 32.2. The van der Waals surface area contributed by atoms with Crippen molar-refractivity contribution in [2.45, 2.75) is 31.7 Å². The minimum Gasteiger partial charge on any atom is -0.465 e. The molecule has 25 heavy (non-hydrogen) atoms. The molecule has 0 unspecified atom stereocenters. The third-order valence-electron chi connectivity index (χ3n) is 3.30. The van der Waals surface area contributed by atoms with Gasteiger partial charge >= 0.3 is 5.97 Å². The van der Waals surface area contributed by atoms with Gasteiger partial charge in [0.2, 0.25) is 15.9 Å². The Hall–Kier alpha value is -1.58. The van der Waals surface area contributed by atoms with E-state index in [1.165, 1.54) is 35.6 Å². The zero-order valence-electron chi connectivity index (χ0n) is 14.8. The summed E-state index contributed by atoms with van der Waals surface area (Å²) in [7, 11) is -2.02. The van der Waals surface area contributed by atoms with Gasteiger partial charge in [0, 0.05) is 18.8 Å². The van der Waals surface area contributed by atoms with Crippen LogP contribution in [0, 0.1) is 0 Å². The van der Waals surface area contributed by atoms with E-state index in [0.717, 1.165) is 11.8 Å². The van der Waals surface area contributed by atoms with Crippen LogP contribution in [0.15, 0.2) is 29.2 Å². The molecular weight excluding hydrogens is 364 g/mol. The van der Waals surface area contributed by atoms with Gasteiger partial charge in [-0.05, 0) is 45.0 Å². The Morgan fingerprint density at radius 1 is 1.20 bits per heavy atom. The quantitative estimate of drug-likeness (QED) is 0.650. The van der Waals surface area contributed by atoms with Crippen molar-refractivity contribution < 1.29 is 22.7 Å². The van der Waals surface area contributed by atoms with Gasteiger partial charge in [0.05, 0.1) is 23.0 Å². The van der Waals surface area contributed by atoms with Crippen LogP contribution in [0.4, 0.5) is 5.69 Å². The van der Waals surface area contributed by atoms with Gasteiger partial charge in [-0.3, -0.25) is 9.59 Å². The fourth-order valence-electron chi connectivity index (χ4n) is 1.78. The fourth-order valence-corrected chi connectivity index (χ4v) is 3.76. The van der Waals surface area contributed by atoms with E-state index in [9.17, 15) is 18.0 Å². The minimum absolute atomic E-state index is 0.106. The molecule has 140 valence electrons. The molecule has 0 aromatic heterocycles. The predicted molar refractivity (Wildman–Crippen MR) is 99.1 cm³/mol. The van der Waals surface area contributed by atoms with Crippen LogP contribution in [0.2, 0.25) is 0 Å². The van der Waals surface area contributed by atoms with Crippen molar-refractivity contribution in [2.24, 2.45) is 0 Å². The van der Waals surface area contributed by atoms with Crippen molar-refractivity contribution >= 4 is 39.3 Å². The van der Waals surface area contributed by atoms with E-state index in [-0.39, 0.29) is 34.3 Å². The molecular formula is C16H24N2O5S2. The van der Waals surface area contributed by atoms with E-state index < -0.39 is 10.0 Å². The second kappa shape index (κ2) is 9.79. The first-order valence-corrected chi connectivity index (χ1v) is 10.4. The van der Waals surface area contributed by atoms with Crippen LogP contribution in [0.25, 0.3) is 0 Å². The number of sulfonamides is 1. The molecule has 0 saturated carbocycles. The van der Waals surface area contributed by atoms with Crippen molar-refractivity contribution in [1.29, 1.82) is 0 Å². The van der Waals surface area contributed by atoms with Crippen LogP contribution < -0.4 is 5.32 Å². The molecule has 0 fully saturated rings. The lowest BCUT2D eigenvalue weighted by Gasteiger charge is -2.21. The van der Waals surface area contributed by atoms with Gasteiger partial charge in [0.1, 0.15) is 0 Å². The number of hydrogen-bond acceptors (Lipinski definition) is 6. The van der Waals surface area contributed by atoms with Gasteiger partial charge in [-0.25, -0.2) is 8.42 Å². The predicted octanol–water partition coefficient (Wildman–Crippen LogP) is 1.95. The number of hydrogen-bond donors (Lipinski definition) is 1. The maximum atomic E-state index is 12.4. The lowest BCUT2D eigenvalue weighted by molar-refractivity contribution is -0.139. The van der Waals surface area contributed by atoms with Crippen molar-refractivity contribution in [1.82, 2.24) is 4.31 Å². The van der Waals surface area contributed by atoms with Gasteiger partial charge < -0.3 is 10.1 Å². The van der Waals surface area contributed by atoms with E-state index in [1.807, 2.05) is 0 Å². The highest BCUT2D eigenvalue weighted by Crippen LogP contribution is 2.19. The zero-order chi connectivity index (χ0) is 19.0.